The highest BCUT2D eigenvalue weighted by atomic mass is 32.2. The minimum atomic E-state index is -1.11. The second-order valence-corrected chi connectivity index (χ2v) is 4.73. The second kappa shape index (κ2) is 6.21. The summed E-state index contributed by atoms with van der Waals surface area (Å²) < 4.78 is 0. The van der Waals surface area contributed by atoms with Crippen LogP contribution in [0.25, 0.3) is 0 Å². The van der Waals surface area contributed by atoms with E-state index in [1.165, 1.54) is 30.2 Å². The summed E-state index contributed by atoms with van der Waals surface area (Å²) in [4.78, 5) is 28.0. The Labute approximate surface area is 120 Å². The molecule has 2 N–H and O–H groups in total. The average Bonchev–Trinajstić information content (AvgIpc) is 2.47. The Bertz CT molecular complexity index is 658. The van der Waals surface area contributed by atoms with Gasteiger partial charge >= 0.3 is 5.97 Å². The third-order valence-corrected chi connectivity index (χ3v) is 3.45. The number of carboxylic acids is 1. The van der Waals surface area contributed by atoms with Crippen LogP contribution in [0.4, 0.5) is 5.69 Å². The number of nitrogens with zero attached hydrogens (tertiary/aromatic N) is 1. The van der Waals surface area contributed by atoms with E-state index in [0.29, 0.717) is 5.56 Å². The van der Waals surface area contributed by atoms with Crippen LogP contribution in [0.3, 0.4) is 0 Å². The van der Waals surface area contributed by atoms with Crippen LogP contribution in [0, 0.1) is 0 Å². The van der Waals surface area contributed by atoms with Crippen molar-refractivity contribution in [3.05, 3.63) is 53.9 Å². The van der Waals surface area contributed by atoms with Gasteiger partial charge in [0.05, 0.1) is 23.0 Å². The molecule has 0 atom stereocenters. The number of carboxylic acid groups (broad SMARTS) is 1. The molecule has 0 aliphatic heterocycles. The van der Waals surface area contributed by atoms with Crippen molar-refractivity contribution in [1.82, 2.24) is 4.98 Å². The SMILES string of the molecule is CSc1ccccc1C(=O)Nc1cnccc1C(=O)O. The third-order valence-electron chi connectivity index (χ3n) is 2.65. The van der Waals surface area contributed by atoms with Crippen LogP contribution < -0.4 is 5.32 Å². The first-order valence-corrected chi connectivity index (χ1v) is 6.97. The van der Waals surface area contributed by atoms with Crippen molar-refractivity contribution < 1.29 is 14.7 Å². The molecule has 102 valence electrons. The molecule has 0 fully saturated rings. The van der Waals surface area contributed by atoms with E-state index in [-0.39, 0.29) is 17.2 Å². The minimum absolute atomic E-state index is 0.00924. The summed E-state index contributed by atoms with van der Waals surface area (Å²) in [6, 6.07) is 8.47. The highest BCUT2D eigenvalue weighted by Gasteiger charge is 2.15. The zero-order chi connectivity index (χ0) is 14.5. The summed E-state index contributed by atoms with van der Waals surface area (Å²) in [5, 5.41) is 11.7. The van der Waals surface area contributed by atoms with E-state index in [0.717, 1.165) is 4.90 Å². The van der Waals surface area contributed by atoms with Crippen LogP contribution in [0.5, 0.6) is 0 Å². The van der Waals surface area contributed by atoms with Gasteiger partial charge < -0.3 is 10.4 Å². The summed E-state index contributed by atoms with van der Waals surface area (Å²) in [7, 11) is 0. The van der Waals surface area contributed by atoms with Gasteiger partial charge in [0.1, 0.15) is 0 Å². The number of amides is 1. The summed E-state index contributed by atoms with van der Waals surface area (Å²) in [5.41, 5.74) is 0.691. The summed E-state index contributed by atoms with van der Waals surface area (Å²) in [5.74, 6) is -1.47. The number of hydrogen-bond acceptors (Lipinski definition) is 4. The Balaban J connectivity index is 2.31. The van der Waals surface area contributed by atoms with Gasteiger partial charge in [0, 0.05) is 11.1 Å². The maximum Gasteiger partial charge on any atom is 0.337 e. The first-order chi connectivity index (χ1) is 9.63. The zero-order valence-corrected chi connectivity index (χ0v) is 11.5. The van der Waals surface area contributed by atoms with Crippen LogP contribution >= 0.6 is 11.8 Å². The molecule has 0 aliphatic carbocycles. The smallest absolute Gasteiger partial charge is 0.337 e. The molecule has 1 amide bonds. The molecular weight excluding hydrogens is 276 g/mol. The number of nitrogens with one attached hydrogen (secondary N) is 1. The summed E-state index contributed by atoms with van der Waals surface area (Å²) in [6.45, 7) is 0. The highest BCUT2D eigenvalue weighted by molar-refractivity contribution is 7.98. The number of anilines is 1. The molecule has 2 rings (SSSR count). The van der Waals surface area contributed by atoms with Crippen LogP contribution in [-0.4, -0.2) is 28.2 Å². The molecule has 0 radical (unpaired) electrons. The third kappa shape index (κ3) is 2.97. The molecule has 0 aliphatic rings. The van der Waals surface area contributed by atoms with E-state index < -0.39 is 5.97 Å². The highest BCUT2D eigenvalue weighted by Crippen LogP contribution is 2.22. The lowest BCUT2D eigenvalue weighted by molar-refractivity contribution is 0.0698. The number of hydrogen-bond donors (Lipinski definition) is 2. The normalized spacial score (nSPS) is 10.1. The predicted molar refractivity (Wildman–Crippen MR) is 77.4 cm³/mol. The fourth-order valence-electron chi connectivity index (χ4n) is 1.70. The fraction of sp³-hybridized carbons (Fsp3) is 0.0714. The molecule has 1 aromatic carbocycles. The predicted octanol–water partition coefficient (Wildman–Crippen LogP) is 2.75. The Morgan fingerprint density at radius 2 is 1.95 bits per heavy atom. The maximum absolute atomic E-state index is 12.2. The van der Waals surface area contributed by atoms with Crippen LogP contribution in [0.2, 0.25) is 0 Å². The van der Waals surface area contributed by atoms with Crippen molar-refractivity contribution in [3.8, 4) is 0 Å². The van der Waals surface area contributed by atoms with E-state index in [2.05, 4.69) is 10.3 Å². The standard InChI is InChI=1S/C14H12N2O3S/c1-20-12-5-3-2-4-10(12)13(17)16-11-8-15-7-6-9(11)14(18)19/h2-8H,1H3,(H,16,17)(H,18,19). The first kappa shape index (κ1) is 14.1. The van der Waals surface area contributed by atoms with E-state index in [1.54, 1.807) is 12.1 Å². The summed E-state index contributed by atoms with van der Waals surface area (Å²) >= 11 is 1.45. The fourth-order valence-corrected chi connectivity index (χ4v) is 2.30. The van der Waals surface area contributed by atoms with Gasteiger partial charge in [-0.15, -0.1) is 11.8 Å². The number of aromatic nitrogens is 1. The van der Waals surface area contributed by atoms with E-state index >= 15 is 0 Å². The van der Waals surface area contributed by atoms with E-state index in [9.17, 15) is 9.59 Å². The van der Waals surface area contributed by atoms with Gasteiger partial charge in [-0.1, -0.05) is 12.1 Å². The monoisotopic (exact) mass is 288 g/mol. The summed E-state index contributed by atoms with van der Waals surface area (Å²) in [6.07, 6.45) is 4.57. The largest absolute Gasteiger partial charge is 0.478 e. The topological polar surface area (TPSA) is 79.3 Å². The number of pyridine rings is 1. The molecule has 0 spiro atoms. The maximum atomic E-state index is 12.2. The molecular formula is C14H12N2O3S. The number of benzene rings is 1. The second-order valence-electron chi connectivity index (χ2n) is 3.88. The number of rotatable bonds is 4. The van der Waals surface area contributed by atoms with Crippen molar-refractivity contribution in [1.29, 1.82) is 0 Å². The molecule has 0 saturated heterocycles. The van der Waals surface area contributed by atoms with Crippen LogP contribution in [0.15, 0.2) is 47.6 Å². The molecule has 0 saturated carbocycles. The van der Waals surface area contributed by atoms with Crippen molar-refractivity contribution in [2.24, 2.45) is 0 Å². The van der Waals surface area contributed by atoms with Gasteiger partial charge in [-0.3, -0.25) is 9.78 Å². The van der Waals surface area contributed by atoms with Crippen LogP contribution in [-0.2, 0) is 0 Å². The number of aromatic carboxylic acids is 1. The molecule has 0 bridgehead atoms. The Morgan fingerprint density at radius 3 is 2.65 bits per heavy atom. The molecule has 0 unspecified atom stereocenters. The van der Waals surface area contributed by atoms with Crippen molar-refractivity contribution >= 4 is 29.3 Å². The van der Waals surface area contributed by atoms with E-state index in [1.807, 2.05) is 18.4 Å². The Kier molecular flexibility index (Phi) is 4.37. The molecule has 6 heteroatoms. The van der Waals surface area contributed by atoms with Crippen LogP contribution in [0.1, 0.15) is 20.7 Å². The number of carbonyl (C=O) groups excluding carboxylic acids is 1. The lowest BCUT2D eigenvalue weighted by atomic mass is 10.2. The van der Waals surface area contributed by atoms with Gasteiger partial charge in [-0.25, -0.2) is 4.79 Å². The Hall–Kier alpha value is -2.34. The lowest BCUT2D eigenvalue weighted by Gasteiger charge is -2.10. The zero-order valence-electron chi connectivity index (χ0n) is 10.7. The lowest BCUT2D eigenvalue weighted by Crippen LogP contribution is -2.15. The van der Waals surface area contributed by atoms with Gasteiger partial charge in [-0.2, -0.15) is 0 Å². The molecule has 1 aromatic heterocycles. The average molecular weight is 288 g/mol. The number of carbonyl (C=O) groups is 2. The molecule has 2 aromatic rings. The van der Waals surface area contributed by atoms with Crippen molar-refractivity contribution in [2.45, 2.75) is 4.90 Å². The molecule has 20 heavy (non-hydrogen) atoms. The van der Waals surface area contributed by atoms with Gasteiger partial charge in [0.15, 0.2) is 0 Å². The first-order valence-electron chi connectivity index (χ1n) is 5.75. The van der Waals surface area contributed by atoms with Gasteiger partial charge in [0.2, 0.25) is 0 Å². The van der Waals surface area contributed by atoms with Gasteiger partial charge in [-0.05, 0) is 24.5 Å². The van der Waals surface area contributed by atoms with Gasteiger partial charge in [0.25, 0.3) is 5.91 Å². The number of thioether (sulfide) groups is 1. The van der Waals surface area contributed by atoms with E-state index in [4.69, 9.17) is 5.11 Å². The molecule has 5 nitrogen and oxygen atoms in total. The van der Waals surface area contributed by atoms with Crippen molar-refractivity contribution in [3.63, 3.8) is 0 Å². The molecule has 1 heterocycles. The quantitative estimate of drug-likeness (QED) is 0.846. The van der Waals surface area contributed by atoms with Crippen molar-refractivity contribution in [2.75, 3.05) is 11.6 Å². The minimum Gasteiger partial charge on any atom is -0.478 e. The Morgan fingerprint density at radius 1 is 1.20 bits per heavy atom.